The summed E-state index contributed by atoms with van der Waals surface area (Å²) >= 11 is 0. The quantitative estimate of drug-likeness (QED) is 0.0261. The standard InChI is InChI=1S/C69H114O6/c1-4-7-10-13-16-19-22-25-28-31-33-34-36-38-41-44-47-50-53-56-59-62-68(71)74-65-66(64-73-67(70)61-58-55-52-49-46-43-40-37-30-27-24-21-18-15-12-9-6-3)75-69(72)63-60-57-54-51-48-45-42-39-35-32-29-26-23-20-17-14-11-8-5-2/h7-8,10-11,16-21,25-30,33-35,39,66H,4-6,9,12-15,22-24,31-32,36-38,40-65H2,1-3H3/b10-7-,11-8-,19-16-,20-17-,21-18-,28-25-,29-26-,30-27-,34-33-,39-35-. The van der Waals surface area contributed by atoms with Gasteiger partial charge in [0.2, 0.25) is 0 Å². The summed E-state index contributed by atoms with van der Waals surface area (Å²) in [6, 6.07) is 0. The van der Waals surface area contributed by atoms with Crippen LogP contribution in [0.3, 0.4) is 0 Å². The number of unbranched alkanes of at least 4 members (excludes halogenated alkanes) is 24. The van der Waals surface area contributed by atoms with E-state index in [2.05, 4.69) is 142 Å². The van der Waals surface area contributed by atoms with Crippen LogP contribution in [0.4, 0.5) is 0 Å². The van der Waals surface area contributed by atoms with Gasteiger partial charge in [0.1, 0.15) is 13.2 Å². The summed E-state index contributed by atoms with van der Waals surface area (Å²) in [4.78, 5) is 38.3. The maximum Gasteiger partial charge on any atom is 0.306 e. The van der Waals surface area contributed by atoms with Crippen molar-refractivity contribution in [2.45, 2.75) is 284 Å². The molecule has 0 radical (unpaired) electrons. The zero-order valence-corrected chi connectivity index (χ0v) is 48.8. The van der Waals surface area contributed by atoms with E-state index in [1.165, 1.54) is 96.3 Å². The first-order valence-corrected chi connectivity index (χ1v) is 31.0. The minimum absolute atomic E-state index is 0.0930. The highest BCUT2D eigenvalue weighted by atomic mass is 16.6. The SMILES string of the molecule is CC/C=C\C/C=C\C/C=C\C/C=C\CCCCCCCCCCC(=O)OCC(COC(=O)CCCCCCCCC/C=C\C/C=C\CCCCC)OC(=O)CCCCCCCC/C=C\C/C=C\C/C=C\C/C=C\CC. The molecule has 0 aliphatic rings. The summed E-state index contributed by atoms with van der Waals surface area (Å²) in [5.74, 6) is -0.919. The van der Waals surface area contributed by atoms with Crippen LogP contribution < -0.4 is 0 Å². The zero-order valence-electron chi connectivity index (χ0n) is 48.8. The van der Waals surface area contributed by atoms with Crippen molar-refractivity contribution in [2.24, 2.45) is 0 Å². The summed E-state index contributed by atoms with van der Waals surface area (Å²) in [7, 11) is 0. The Morgan fingerprint density at radius 3 is 0.813 bits per heavy atom. The largest absolute Gasteiger partial charge is 0.462 e. The number of hydrogen-bond acceptors (Lipinski definition) is 6. The van der Waals surface area contributed by atoms with Gasteiger partial charge >= 0.3 is 17.9 Å². The van der Waals surface area contributed by atoms with Crippen LogP contribution in [0.15, 0.2) is 122 Å². The monoisotopic (exact) mass is 1040 g/mol. The van der Waals surface area contributed by atoms with Gasteiger partial charge in [-0.3, -0.25) is 14.4 Å². The minimum Gasteiger partial charge on any atom is -0.462 e. The maximum atomic E-state index is 12.9. The molecule has 75 heavy (non-hydrogen) atoms. The predicted molar refractivity (Wildman–Crippen MR) is 325 cm³/mol. The molecule has 0 bridgehead atoms. The van der Waals surface area contributed by atoms with Gasteiger partial charge in [0, 0.05) is 19.3 Å². The molecule has 0 heterocycles. The lowest BCUT2D eigenvalue weighted by Gasteiger charge is -2.18. The number of ether oxygens (including phenoxy) is 3. The van der Waals surface area contributed by atoms with Crippen molar-refractivity contribution in [1.82, 2.24) is 0 Å². The molecule has 0 aliphatic heterocycles. The van der Waals surface area contributed by atoms with Crippen molar-refractivity contribution >= 4 is 17.9 Å². The molecule has 0 saturated carbocycles. The number of carbonyl (C=O) groups is 3. The second-order valence-corrected chi connectivity index (χ2v) is 20.2. The molecule has 0 aromatic heterocycles. The Bertz CT molecular complexity index is 1570. The summed E-state index contributed by atoms with van der Waals surface area (Å²) in [5, 5.41) is 0. The Labute approximate surface area is 462 Å². The van der Waals surface area contributed by atoms with E-state index in [1.807, 2.05) is 0 Å². The number of hydrogen-bond donors (Lipinski definition) is 0. The fraction of sp³-hybridized carbons (Fsp3) is 0.667. The topological polar surface area (TPSA) is 78.9 Å². The number of rotatable bonds is 55. The van der Waals surface area contributed by atoms with Crippen molar-refractivity contribution in [2.75, 3.05) is 13.2 Å². The van der Waals surface area contributed by atoms with Crippen LogP contribution in [-0.2, 0) is 28.6 Å². The van der Waals surface area contributed by atoms with Crippen LogP contribution in [0.25, 0.3) is 0 Å². The van der Waals surface area contributed by atoms with Crippen molar-refractivity contribution in [1.29, 1.82) is 0 Å². The third kappa shape index (κ3) is 60.6. The summed E-state index contributed by atoms with van der Waals surface area (Å²) in [6.07, 6.45) is 86.1. The molecular weight excluding hydrogens is 925 g/mol. The average Bonchev–Trinajstić information content (AvgIpc) is 3.41. The molecule has 0 rings (SSSR count). The van der Waals surface area contributed by atoms with Crippen molar-refractivity contribution in [3.8, 4) is 0 Å². The van der Waals surface area contributed by atoms with Gasteiger partial charge in [0.15, 0.2) is 6.10 Å². The van der Waals surface area contributed by atoms with Crippen LogP contribution >= 0.6 is 0 Å². The van der Waals surface area contributed by atoms with Gasteiger partial charge in [-0.25, -0.2) is 0 Å². The number of esters is 3. The van der Waals surface area contributed by atoms with E-state index in [-0.39, 0.29) is 31.1 Å². The first-order valence-electron chi connectivity index (χ1n) is 31.0. The Balaban J connectivity index is 4.45. The van der Waals surface area contributed by atoms with Gasteiger partial charge in [-0.15, -0.1) is 0 Å². The highest BCUT2D eigenvalue weighted by Crippen LogP contribution is 2.15. The first kappa shape index (κ1) is 70.8. The molecule has 0 aromatic rings. The molecule has 0 N–H and O–H groups in total. The summed E-state index contributed by atoms with van der Waals surface area (Å²) < 4.78 is 16.9. The lowest BCUT2D eigenvalue weighted by molar-refractivity contribution is -0.167. The summed E-state index contributed by atoms with van der Waals surface area (Å²) in [6.45, 7) is 6.38. The molecule has 6 heteroatoms. The molecule has 0 aliphatic carbocycles. The van der Waals surface area contributed by atoms with Crippen molar-refractivity contribution < 1.29 is 28.6 Å². The molecule has 0 aromatic carbocycles. The normalized spacial score (nSPS) is 12.9. The Kier molecular flexibility index (Phi) is 58.9. The van der Waals surface area contributed by atoms with E-state index in [1.54, 1.807) is 0 Å². The van der Waals surface area contributed by atoms with E-state index in [0.29, 0.717) is 19.3 Å². The fourth-order valence-electron chi connectivity index (χ4n) is 8.34. The number of allylic oxidation sites excluding steroid dienone is 20. The Morgan fingerprint density at radius 1 is 0.280 bits per heavy atom. The maximum absolute atomic E-state index is 12.9. The second kappa shape index (κ2) is 62.4. The molecule has 1 unspecified atom stereocenters. The fourth-order valence-corrected chi connectivity index (χ4v) is 8.34. The molecule has 0 fully saturated rings. The van der Waals surface area contributed by atoms with E-state index >= 15 is 0 Å². The van der Waals surface area contributed by atoms with E-state index in [0.717, 1.165) is 141 Å². The van der Waals surface area contributed by atoms with Crippen molar-refractivity contribution in [3.63, 3.8) is 0 Å². The highest BCUT2D eigenvalue weighted by Gasteiger charge is 2.19. The summed E-state index contributed by atoms with van der Waals surface area (Å²) in [5.41, 5.74) is 0. The molecular formula is C69H114O6. The molecule has 0 saturated heterocycles. The number of carbonyl (C=O) groups excluding carboxylic acids is 3. The second-order valence-electron chi connectivity index (χ2n) is 20.2. The van der Waals surface area contributed by atoms with E-state index in [9.17, 15) is 14.4 Å². The molecule has 6 nitrogen and oxygen atoms in total. The third-order valence-electron chi connectivity index (χ3n) is 12.9. The zero-order chi connectivity index (χ0) is 54.3. The molecule has 0 amide bonds. The predicted octanol–water partition coefficient (Wildman–Crippen LogP) is 21.2. The van der Waals surface area contributed by atoms with Crippen LogP contribution in [0.1, 0.15) is 278 Å². The lowest BCUT2D eigenvalue weighted by Crippen LogP contribution is -2.30. The highest BCUT2D eigenvalue weighted by molar-refractivity contribution is 5.71. The first-order chi connectivity index (χ1) is 37.0. The van der Waals surface area contributed by atoms with Gasteiger partial charge < -0.3 is 14.2 Å². The molecule has 426 valence electrons. The van der Waals surface area contributed by atoms with Gasteiger partial charge in [-0.05, 0) is 128 Å². The van der Waals surface area contributed by atoms with Gasteiger partial charge in [-0.1, -0.05) is 251 Å². The smallest absolute Gasteiger partial charge is 0.306 e. The Morgan fingerprint density at radius 2 is 0.520 bits per heavy atom. The third-order valence-corrected chi connectivity index (χ3v) is 12.9. The van der Waals surface area contributed by atoms with E-state index < -0.39 is 6.10 Å². The van der Waals surface area contributed by atoms with Gasteiger partial charge in [0.05, 0.1) is 0 Å². The average molecular weight is 1040 g/mol. The van der Waals surface area contributed by atoms with Crippen LogP contribution in [0.2, 0.25) is 0 Å². The Hall–Kier alpha value is -4.19. The molecule has 1 atom stereocenters. The molecule has 0 spiro atoms. The van der Waals surface area contributed by atoms with Crippen LogP contribution in [0.5, 0.6) is 0 Å². The van der Waals surface area contributed by atoms with Crippen LogP contribution in [0, 0.1) is 0 Å². The van der Waals surface area contributed by atoms with Gasteiger partial charge in [0.25, 0.3) is 0 Å². The van der Waals surface area contributed by atoms with Crippen molar-refractivity contribution in [3.05, 3.63) is 122 Å². The minimum atomic E-state index is -0.798. The van der Waals surface area contributed by atoms with E-state index in [4.69, 9.17) is 14.2 Å². The lowest BCUT2D eigenvalue weighted by atomic mass is 10.1. The van der Waals surface area contributed by atoms with Gasteiger partial charge in [-0.2, -0.15) is 0 Å². The van der Waals surface area contributed by atoms with Crippen LogP contribution in [-0.4, -0.2) is 37.2 Å².